The van der Waals surface area contributed by atoms with E-state index < -0.39 is 5.41 Å². The highest BCUT2D eigenvalue weighted by atomic mass is 16.6. The van der Waals surface area contributed by atoms with Gasteiger partial charge in [-0.3, -0.25) is 4.79 Å². The Morgan fingerprint density at radius 3 is 1.86 bits per heavy atom. The highest BCUT2D eigenvalue weighted by Gasteiger charge is 2.33. The summed E-state index contributed by atoms with van der Waals surface area (Å²) in [5.74, 6) is 0.194. The zero-order valence-corrected chi connectivity index (χ0v) is 17.4. The maximum absolute atomic E-state index is 12.7. The van der Waals surface area contributed by atoms with Crippen molar-refractivity contribution in [1.82, 2.24) is 9.80 Å². The Balaban J connectivity index is 1.38. The minimum atomic E-state index is -0.397. The van der Waals surface area contributed by atoms with Crippen molar-refractivity contribution in [3.05, 3.63) is 59.7 Å². The van der Waals surface area contributed by atoms with Gasteiger partial charge in [0.15, 0.2) is 0 Å². The van der Waals surface area contributed by atoms with Crippen LogP contribution in [0.25, 0.3) is 11.1 Å². The molecule has 0 radical (unpaired) electrons. The first-order chi connectivity index (χ1) is 13.9. The largest absolute Gasteiger partial charge is 0.448 e. The zero-order valence-electron chi connectivity index (χ0n) is 17.4. The van der Waals surface area contributed by atoms with Crippen molar-refractivity contribution >= 4 is 12.0 Å². The van der Waals surface area contributed by atoms with Crippen LogP contribution < -0.4 is 0 Å². The first-order valence-corrected chi connectivity index (χ1v) is 10.3. The van der Waals surface area contributed by atoms with E-state index in [2.05, 4.69) is 24.3 Å². The summed E-state index contributed by atoms with van der Waals surface area (Å²) in [6, 6.07) is 16.6. The summed E-state index contributed by atoms with van der Waals surface area (Å²) >= 11 is 0. The monoisotopic (exact) mass is 392 g/mol. The van der Waals surface area contributed by atoms with E-state index in [-0.39, 0.29) is 17.9 Å². The Hall–Kier alpha value is -2.82. The molecule has 5 nitrogen and oxygen atoms in total. The molecule has 2 aliphatic rings. The molecule has 1 fully saturated rings. The Labute approximate surface area is 172 Å². The van der Waals surface area contributed by atoms with Gasteiger partial charge in [-0.2, -0.15) is 0 Å². The topological polar surface area (TPSA) is 49.9 Å². The fraction of sp³-hybridized carbons (Fsp3) is 0.417. The van der Waals surface area contributed by atoms with E-state index in [4.69, 9.17) is 4.74 Å². The Morgan fingerprint density at radius 1 is 0.862 bits per heavy atom. The van der Waals surface area contributed by atoms with E-state index in [1.165, 1.54) is 22.3 Å². The fourth-order valence-corrected chi connectivity index (χ4v) is 4.25. The molecule has 1 aliphatic carbocycles. The maximum Gasteiger partial charge on any atom is 0.409 e. The molecule has 2 amide bonds. The maximum atomic E-state index is 12.7. The number of hydrogen-bond donors (Lipinski definition) is 0. The molecule has 1 heterocycles. The summed E-state index contributed by atoms with van der Waals surface area (Å²) in [5, 5.41) is 0. The van der Waals surface area contributed by atoms with Gasteiger partial charge in [-0.05, 0) is 22.3 Å². The third-order valence-electron chi connectivity index (χ3n) is 5.80. The third-order valence-corrected chi connectivity index (χ3v) is 5.80. The molecule has 0 unspecified atom stereocenters. The predicted molar refractivity (Wildman–Crippen MR) is 113 cm³/mol. The average Bonchev–Trinajstić information content (AvgIpc) is 3.05. The summed E-state index contributed by atoms with van der Waals surface area (Å²) in [7, 11) is 0. The molecule has 2 aromatic rings. The second kappa shape index (κ2) is 7.54. The number of benzene rings is 2. The van der Waals surface area contributed by atoms with Crippen molar-refractivity contribution in [1.29, 1.82) is 0 Å². The van der Waals surface area contributed by atoms with Gasteiger partial charge in [0.05, 0.1) is 0 Å². The van der Waals surface area contributed by atoms with Crippen LogP contribution in [0.15, 0.2) is 48.5 Å². The van der Waals surface area contributed by atoms with E-state index in [0.29, 0.717) is 32.8 Å². The smallest absolute Gasteiger partial charge is 0.409 e. The van der Waals surface area contributed by atoms with Gasteiger partial charge in [0.25, 0.3) is 0 Å². The lowest BCUT2D eigenvalue weighted by Crippen LogP contribution is -2.53. The minimum Gasteiger partial charge on any atom is -0.448 e. The first kappa shape index (κ1) is 19.5. The molecule has 0 atom stereocenters. The van der Waals surface area contributed by atoms with E-state index in [1.807, 2.05) is 49.9 Å². The molecule has 4 rings (SSSR count). The molecular formula is C24H28N2O3. The van der Waals surface area contributed by atoms with Crippen LogP contribution in [0.5, 0.6) is 0 Å². The van der Waals surface area contributed by atoms with E-state index in [9.17, 15) is 9.59 Å². The number of piperazine rings is 1. The van der Waals surface area contributed by atoms with Gasteiger partial charge in [-0.25, -0.2) is 4.79 Å². The van der Waals surface area contributed by atoms with Crippen molar-refractivity contribution in [2.45, 2.75) is 26.7 Å². The number of carbonyl (C=O) groups is 2. The molecule has 0 N–H and O–H groups in total. The Kier molecular flexibility index (Phi) is 5.07. The van der Waals surface area contributed by atoms with Crippen LogP contribution >= 0.6 is 0 Å². The van der Waals surface area contributed by atoms with Crippen molar-refractivity contribution < 1.29 is 14.3 Å². The molecule has 1 aliphatic heterocycles. The van der Waals surface area contributed by atoms with Crippen LogP contribution in [-0.4, -0.2) is 54.6 Å². The molecule has 1 saturated heterocycles. The van der Waals surface area contributed by atoms with Gasteiger partial charge in [-0.1, -0.05) is 69.3 Å². The molecule has 5 heteroatoms. The van der Waals surface area contributed by atoms with Crippen molar-refractivity contribution in [2.24, 2.45) is 5.41 Å². The number of nitrogens with zero attached hydrogens (tertiary/aromatic N) is 2. The third kappa shape index (κ3) is 3.74. The quantitative estimate of drug-likeness (QED) is 0.772. The highest BCUT2D eigenvalue weighted by molar-refractivity contribution is 5.82. The van der Waals surface area contributed by atoms with Crippen LogP contribution in [0.1, 0.15) is 37.8 Å². The molecule has 0 spiro atoms. The van der Waals surface area contributed by atoms with Gasteiger partial charge < -0.3 is 14.5 Å². The van der Waals surface area contributed by atoms with E-state index in [0.717, 1.165) is 0 Å². The van der Waals surface area contributed by atoms with Crippen molar-refractivity contribution in [2.75, 3.05) is 32.8 Å². The normalized spacial score (nSPS) is 16.4. The standard InChI is InChI=1S/C24H28N2O3/c1-24(2,3)22(27)25-12-14-26(15-13-25)23(28)29-16-21-19-10-6-4-8-17(19)18-9-5-7-11-20(18)21/h4-11,21H,12-16H2,1-3H3. The lowest BCUT2D eigenvalue weighted by molar-refractivity contribution is -0.141. The number of carbonyl (C=O) groups excluding carboxylic acids is 2. The molecule has 152 valence electrons. The van der Waals surface area contributed by atoms with Crippen LogP contribution in [0, 0.1) is 5.41 Å². The molecule has 0 bridgehead atoms. The number of hydrogen-bond acceptors (Lipinski definition) is 3. The Bertz CT molecular complexity index is 878. The van der Waals surface area contributed by atoms with E-state index >= 15 is 0 Å². The fourth-order valence-electron chi connectivity index (χ4n) is 4.25. The second-order valence-electron chi connectivity index (χ2n) is 8.83. The highest BCUT2D eigenvalue weighted by Crippen LogP contribution is 2.44. The summed E-state index contributed by atoms with van der Waals surface area (Å²) in [6.07, 6.45) is -0.297. The zero-order chi connectivity index (χ0) is 20.6. The summed E-state index contributed by atoms with van der Waals surface area (Å²) < 4.78 is 5.73. The summed E-state index contributed by atoms with van der Waals surface area (Å²) in [5.41, 5.74) is 4.47. The van der Waals surface area contributed by atoms with Crippen LogP contribution in [0.4, 0.5) is 4.79 Å². The van der Waals surface area contributed by atoms with Gasteiger partial charge in [0.1, 0.15) is 6.61 Å². The summed E-state index contributed by atoms with van der Waals surface area (Å²) in [4.78, 5) is 28.6. The average molecular weight is 392 g/mol. The first-order valence-electron chi connectivity index (χ1n) is 10.3. The lowest BCUT2D eigenvalue weighted by atomic mass is 9.94. The number of fused-ring (bicyclic) bond motifs is 3. The molecular weight excluding hydrogens is 364 g/mol. The van der Waals surface area contributed by atoms with Crippen LogP contribution in [0.2, 0.25) is 0 Å². The number of ether oxygens (including phenoxy) is 1. The number of amides is 2. The van der Waals surface area contributed by atoms with Crippen molar-refractivity contribution in [3.8, 4) is 11.1 Å². The molecule has 0 aromatic heterocycles. The Morgan fingerprint density at radius 2 is 1.34 bits per heavy atom. The van der Waals surface area contributed by atoms with Gasteiger partial charge in [-0.15, -0.1) is 0 Å². The SMILES string of the molecule is CC(C)(C)C(=O)N1CCN(C(=O)OCC2c3ccccc3-c3ccccc32)CC1. The molecule has 29 heavy (non-hydrogen) atoms. The van der Waals surface area contributed by atoms with Gasteiger partial charge in [0, 0.05) is 37.5 Å². The molecule has 0 saturated carbocycles. The summed E-state index contributed by atoms with van der Waals surface area (Å²) in [6.45, 7) is 8.24. The van der Waals surface area contributed by atoms with Crippen LogP contribution in [0.3, 0.4) is 0 Å². The van der Waals surface area contributed by atoms with E-state index in [1.54, 1.807) is 4.90 Å². The van der Waals surface area contributed by atoms with Crippen LogP contribution in [-0.2, 0) is 9.53 Å². The number of rotatable bonds is 2. The van der Waals surface area contributed by atoms with Gasteiger partial charge in [0.2, 0.25) is 5.91 Å². The van der Waals surface area contributed by atoms with Crippen molar-refractivity contribution in [3.63, 3.8) is 0 Å². The molecule has 2 aromatic carbocycles. The van der Waals surface area contributed by atoms with Gasteiger partial charge >= 0.3 is 6.09 Å². The minimum absolute atomic E-state index is 0.0649. The predicted octanol–water partition coefficient (Wildman–Crippen LogP) is 4.13. The second-order valence-corrected chi connectivity index (χ2v) is 8.83. The lowest BCUT2D eigenvalue weighted by Gasteiger charge is -2.37.